The van der Waals surface area contributed by atoms with Crippen molar-refractivity contribution >= 4 is 27.5 Å². The van der Waals surface area contributed by atoms with Gasteiger partial charge in [-0.15, -0.1) is 0 Å². The smallest absolute Gasteiger partial charge is 0.243 e. The highest BCUT2D eigenvalue weighted by molar-refractivity contribution is 7.89. The van der Waals surface area contributed by atoms with Crippen LogP contribution in [0.4, 0.5) is 5.69 Å². The molecule has 1 saturated heterocycles. The lowest BCUT2D eigenvalue weighted by molar-refractivity contribution is -0.124. The number of hydrogen-bond acceptors (Lipinski definition) is 4. The Bertz CT molecular complexity index is 969. The first-order chi connectivity index (χ1) is 15.3. The Balaban J connectivity index is 1.49. The summed E-state index contributed by atoms with van der Waals surface area (Å²) in [6.07, 6.45) is 7.77. The molecule has 0 bridgehead atoms. The molecule has 1 aromatic rings. The number of nitrogens with zero attached hydrogens (tertiary/aromatic N) is 2. The molecule has 8 heteroatoms. The van der Waals surface area contributed by atoms with Gasteiger partial charge < -0.3 is 10.2 Å². The number of anilines is 1. The fraction of sp³-hybridized carbons (Fsp3) is 0.667. The Kier molecular flexibility index (Phi) is 6.91. The molecule has 0 aromatic heterocycles. The molecule has 32 heavy (non-hydrogen) atoms. The molecule has 1 aromatic carbocycles. The third-order valence-electron chi connectivity index (χ3n) is 7.28. The van der Waals surface area contributed by atoms with Gasteiger partial charge in [-0.3, -0.25) is 9.59 Å². The van der Waals surface area contributed by atoms with E-state index in [1.54, 1.807) is 22.5 Å². The van der Waals surface area contributed by atoms with Crippen LogP contribution >= 0.6 is 0 Å². The van der Waals surface area contributed by atoms with E-state index < -0.39 is 10.0 Å². The van der Waals surface area contributed by atoms with E-state index in [1.165, 1.54) is 4.90 Å². The van der Waals surface area contributed by atoms with E-state index in [0.29, 0.717) is 24.6 Å². The van der Waals surface area contributed by atoms with Gasteiger partial charge >= 0.3 is 0 Å². The van der Waals surface area contributed by atoms with Crippen molar-refractivity contribution in [1.82, 2.24) is 9.62 Å². The average Bonchev–Trinajstić information content (AvgIpc) is 2.77. The van der Waals surface area contributed by atoms with Gasteiger partial charge in [-0.05, 0) is 81.5 Å². The first-order valence-electron chi connectivity index (χ1n) is 12.0. The molecule has 1 aliphatic carbocycles. The van der Waals surface area contributed by atoms with Gasteiger partial charge in [0.05, 0.1) is 4.90 Å². The summed E-state index contributed by atoms with van der Waals surface area (Å²) in [6.45, 7) is 4.72. The lowest BCUT2D eigenvalue weighted by atomic mass is 9.87. The van der Waals surface area contributed by atoms with Gasteiger partial charge in [0.2, 0.25) is 21.8 Å². The molecule has 7 nitrogen and oxygen atoms in total. The topological polar surface area (TPSA) is 86.8 Å². The molecular weight excluding hydrogens is 426 g/mol. The molecule has 4 rings (SSSR count). The van der Waals surface area contributed by atoms with Crippen molar-refractivity contribution in [3.8, 4) is 0 Å². The lowest BCUT2D eigenvalue weighted by Crippen LogP contribution is -2.46. The van der Waals surface area contributed by atoms with E-state index >= 15 is 0 Å². The zero-order chi connectivity index (χ0) is 22.9. The van der Waals surface area contributed by atoms with Gasteiger partial charge in [0, 0.05) is 30.7 Å². The van der Waals surface area contributed by atoms with Gasteiger partial charge in [0.25, 0.3) is 0 Å². The van der Waals surface area contributed by atoms with Crippen molar-refractivity contribution in [2.75, 3.05) is 18.0 Å². The maximum Gasteiger partial charge on any atom is 0.243 e. The molecule has 3 aliphatic rings. The average molecular weight is 462 g/mol. The quantitative estimate of drug-likeness (QED) is 0.729. The summed E-state index contributed by atoms with van der Waals surface area (Å²) in [5, 5.41) is 3.09. The number of fused-ring (bicyclic) bond motifs is 1. The van der Waals surface area contributed by atoms with E-state index in [2.05, 4.69) is 12.2 Å². The normalized spacial score (nSPS) is 27.1. The summed E-state index contributed by atoms with van der Waals surface area (Å²) in [4.78, 5) is 27.1. The van der Waals surface area contributed by atoms with Gasteiger partial charge in [0.1, 0.15) is 6.54 Å². The predicted molar refractivity (Wildman–Crippen MR) is 124 cm³/mol. The summed E-state index contributed by atoms with van der Waals surface area (Å²) in [5.41, 5.74) is 1.47. The number of carbonyl (C=O) groups excluding carboxylic acids is 2. The highest BCUT2D eigenvalue weighted by Crippen LogP contribution is 2.32. The van der Waals surface area contributed by atoms with Gasteiger partial charge in [0.15, 0.2) is 0 Å². The van der Waals surface area contributed by atoms with Crippen LogP contribution in [0.2, 0.25) is 0 Å². The number of amides is 2. The van der Waals surface area contributed by atoms with Crippen molar-refractivity contribution in [2.45, 2.75) is 88.6 Å². The van der Waals surface area contributed by atoms with Crippen LogP contribution in [0.15, 0.2) is 23.1 Å². The lowest BCUT2D eigenvalue weighted by Gasteiger charge is -2.33. The van der Waals surface area contributed by atoms with Crippen molar-refractivity contribution in [3.05, 3.63) is 23.8 Å². The number of carbonyl (C=O) groups is 2. The fourth-order valence-corrected chi connectivity index (χ4v) is 7.01. The highest BCUT2D eigenvalue weighted by Gasteiger charge is 2.33. The molecule has 0 unspecified atom stereocenters. The molecule has 1 atom stereocenters. The summed E-state index contributed by atoms with van der Waals surface area (Å²) in [6, 6.07) is 5.16. The summed E-state index contributed by atoms with van der Waals surface area (Å²) in [5.74, 6) is 0.465. The first-order valence-corrected chi connectivity index (χ1v) is 13.4. The number of nitrogens with one attached hydrogen (secondary N) is 1. The van der Waals surface area contributed by atoms with Crippen LogP contribution < -0.4 is 10.2 Å². The van der Waals surface area contributed by atoms with Crippen LogP contribution in [0.3, 0.4) is 0 Å². The highest BCUT2D eigenvalue weighted by atomic mass is 32.2. The Morgan fingerprint density at radius 2 is 1.81 bits per heavy atom. The minimum Gasteiger partial charge on any atom is -0.352 e. The first kappa shape index (κ1) is 23.2. The summed E-state index contributed by atoms with van der Waals surface area (Å²) >= 11 is 0. The van der Waals surface area contributed by atoms with Crippen molar-refractivity contribution in [1.29, 1.82) is 0 Å². The molecule has 2 aliphatic heterocycles. The summed E-state index contributed by atoms with van der Waals surface area (Å²) < 4.78 is 28.1. The zero-order valence-electron chi connectivity index (χ0n) is 19.2. The molecule has 1 saturated carbocycles. The molecule has 0 spiro atoms. The molecule has 176 valence electrons. The Morgan fingerprint density at radius 3 is 2.53 bits per heavy atom. The van der Waals surface area contributed by atoms with Crippen LogP contribution in [0.1, 0.15) is 70.8 Å². The molecule has 0 radical (unpaired) electrons. The van der Waals surface area contributed by atoms with Crippen LogP contribution in [0, 0.1) is 5.92 Å². The SMILES string of the molecule is CC1CCC(NC(=O)CN2C(=O)CCc3cc(S(=O)(=O)N4CCCC[C@@H]4C)ccc32)CC1. The zero-order valence-corrected chi connectivity index (χ0v) is 20.0. The van der Waals surface area contributed by atoms with Crippen LogP contribution in [0.25, 0.3) is 0 Å². The van der Waals surface area contributed by atoms with E-state index in [0.717, 1.165) is 50.5 Å². The van der Waals surface area contributed by atoms with Crippen molar-refractivity contribution in [3.63, 3.8) is 0 Å². The number of aryl methyl sites for hydroxylation is 1. The van der Waals surface area contributed by atoms with Crippen LogP contribution in [-0.4, -0.2) is 49.7 Å². The maximum absolute atomic E-state index is 13.2. The number of sulfonamides is 1. The Labute approximate surface area is 191 Å². The predicted octanol–water partition coefficient (Wildman–Crippen LogP) is 3.22. The standard InChI is InChI=1S/C24H35N3O4S/c1-17-6-9-20(10-7-17)25-23(28)16-26-22-12-11-21(15-19(22)8-13-24(26)29)32(30,31)27-14-4-3-5-18(27)2/h11-12,15,17-18,20H,3-10,13-14,16H2,1-2H3,(H,25,28)/t17?,18-,20?/m0/s1. The molecule has 2 heterocycles. The van der Waals surface area contributed by atoms with Gasteiger partial charge in [-0.1, -0.05) is 13.3 Å². The third-order valence-corrected chi connectivity index (χ3v) is 9.29. The summed E-state index contributed by atoms with van der Waals surface area (Å²) in [7, 11) is -3.57. The van der Waals surface area contributed by atoms with Crippen molar-refractivity contribution < 1.29 is 18.0 Å². The number of rotatable bonds is 5. The number of hydrogen-bond donors (Lipinski definition) is 1. The van der Waals surface area contributed by atoms with Crippen molar-refractivity contribution in [2.24, 2.45) is 5.92 Å². The van der Waals surface area contributed by atoms with E-state index in [4.69, 9.17) is 0 Å². The largest absolute Gasteiger partial charge is 0.352 e. The second-order valence-corrected chi connectivity index (χ2v) is 11.6. The second-order valence-electron chi connectivity index (χ2n) is 9.76. The number of piperidine rings is 1. The van der Waals surface area contributed by atoms with Crippen LogP contribution in [-0.2, 0) is 26.0 Å². The minimum atomic E-state index is -3.57. The number of benzene rings is 1. The Hall–Kier alpha value is -1.93. The van der Waals surface area contributed by atoms with Gasteiger partial charge in [-0.25, -0.2) is 8.42 Å². The molecule has 1 N–H and O–H groups in total. The minimum absolute atomic E-state index is 0.00525. The second kappa shape index (κ2) is 9.51. The van der Waals surface area contributed by atoms with E-state index in [-0.39, 0.29) is 41.8 Å². The van der Waals surface area contributed by atoms with E-state index in [9.17, 15) is 18.0 Å². The fourth-order valence-electron chi connectivity index (χ4n) is 5.26. The maximum atomic E-state index is 13.2. The van der Waals surface area contributed by atoms with E-state index in [1.807, 2.05) is 6.92 Å². The molecular formula is C24H35N3O4S. The third kappa shape index (κ3) is 4.86. The monoisotopic (exact) mass is 461 g/mol. The Morgan fingerprint density at radius 1 is 1.06 bits per heavy atom. The van der Waals surface area contributed by atoms with Gasteiger partial charge in [-0.2, -0.15) is 4.31 Å². The molecule has 2 fully saturated rings. The molecule has 2 amide bonds. The van der Waals surface area contributed by atoms with Crippen LogP contribution in [0.5, 0.6) is 0 Å².